The highest BCUT2D eigenvalue weighted by molar-refractivity contribution is 5.42. The van der Waals surface area contributed by atoms with E-state index in [9.17, 15) is 0 Å². The molecule has 0 aliphatic carbocycles. The van der Waals surface area contributed by atoms with Crippen LogP contribution in [0.1, 0.15) is 31.9 Å². The van der Waals surface area contributed by atoms with Crippen molar-refractivity contribution < 1.29 is 0 Å². The number of anilines is 1. The maximum atomic E-state index is 4.45. The van der Waals surface area contributed by atoms with Crippen LogP contribution in [0, 0.1) is 12.8 Å². The molecule has 100 valence electrons. The summed E-state index contributed by atoms with van der Waals surface area (Å²) in [7, 11) is 0. The minimum Gasteiger partial charge on any atom is -0.355 e. The summed E-state index contributed by atoms with van der Waals surface area (Å²) in [6.45, 7) is 8.78. The monoisotopic (exact) mass is 248 g/mol. The zero-order valence-corrected chi connectivity index (χ0v) is 11.5. The first kappa shape index (κ1) is 13.3. The van der Waals surface area contributed by atoms with Crippen molar-refractivity contribution in [1.82, 2.24) is 15.3 Å². The van der Waals surface area contributed by atoms with Gasteiger partial charge in [-0.3, -0.25) is 4.98 Å². The molecule has 1 aliphatic rings. The quantitative estimate of drug-likeness (QED) is 0.809. The van der Waals surface area contributed by atoms with Crippen molar-refractivity contribution in [3.63, 3.8) is 0 Å². The lowest BCUT2D eigenvalue weighted by Crippen LogP contribution is -2.38. The van der Waals surface area contributed by atoms with Gasteiger partial charge in [-0.15, -0.1) is 0 Å². The fourth-order valence-corrected chi connectivity index (χ4v) is 2.54. The highest BCUT2D eigenvalue weighted by atomic mass is 15.2. The molecular weight excluding hydrogens is 224 g/mol. The van der Waals surface area contributed by atoms with E-state index < -0.39 is 0 Å². The molecule has 0 amide bonds. The number of nitrogens with zero attached hydrogens (tertiary/aromatic N) is 3. The van der Waals surface area contributed by atoms with Crippen molar-refractivity contribution in [1.29, 1.82) is 0 Å². The third kappa shape index (κ3) is 3.42. The molecule has 0 unspecified atom stereocenters. The maximum Gasteiger partial charge on any atom is 0.150 e. The standard InChI is InChI=1S/C14H24N4/c1-3-6-15-11-13-4-9-18(10-5-13)14-12(2)16-7-8-17-14/h7-8,13,15H,3-6,9-11H2,1-2H3. The molecule has 0 bridgehead atoms. The number of piperidine rings is 1. The van der Waals surface area contributed by atoms with Gasteiger partial charge >= 0.3 is 0 Å². The SMILES string of the molecule is CCCNCC1CCN(c2nccnc2C)CC1. The van der Waals surface area contributed by atoms with Crippen molar-refractivity contribution in [2.45, 2.75) is 33.1 Å². The second-order valence-electron chi connectivity index (χ2n) is 5.10. The number of hydrogen-bond donors (Lipinski definition) is 1. The van der Waals surface area contributed by atoms with Crippen LogP contribution in [0.15, 0.2) is 12.4 Å². The number of aromatic nitrogens is 2. The molecule has 1 fully saturated rings. The molecule has 0 atom stereocenters. The van der Waals surface area contributed by atoms with Crippen molar-refractivity contribution in [2.24, 2.45) is 5.92 Å². The van der Waals surface area contributed by atoms with Crippen LogP contribution in [-0.2, 0) is 0 Å². The third-order valence-electron chi connectivity index (χ3n) is 3.63. The Labute approximate surface area is 110 Å². The fraction of sp³-hybridized carbons (Fsp3) is 0.714. The molecule has 4 heteroatoms. The van der Waals surface area contributed by atoms with Gasteiger partial charge in [0.25, 0.3) is 0 Å². The molecule has 2 heterocycles. The van der Waals surface area contributed by atoms with Crippen molar-refractivity contribution in [2.75, 3.05) is 31.1 Å². The average Bonchev–Trinajstić information content (AvgIpc) is 2.41. The van der Waals surface area contributed by atoms with Crippen LogP contribution in [0.2, 0.25) is 0 Å². The van der Waals surface area contributed by atoms with Gasteiger partial charge in [-0.25, -0.2) is 4.98 Å². The Balaban J connectivity index is 1.81. The first-order chi connectivity index (χ1) is 8.81. The van der Waals surface area contributed by atoms with Crippen LogP contribution < -0.4 is 10.2 Å². The van der Waals surface area contributed by atoms with Crippen LogP contribution in [0.4, 0.5) is 5.82 Å². The summed E-state index contributed by atoms with van der Waals surface area (Å²) in [6, 6.07) is 0. The molecule has 1 aromatic heterocycles. The van der Waals surface area contributed by atoms with Crippen LogP contribution in [0.25, 0.3) is 0 Å². The third-order valence-corrected chi connectivity index (χ3v) is 3.63. The second kappa shape index (κ2) is 6.69. The molecule has 1 N–H and O–H groups in total. The second-order valence-corrected chi connectivity index (χ2v) is 5.10. The normalized spacial score (nSPS) is 17.1. The molecule has 0 radical (unpaired) electrons. The fourth-order valence-electron chi connectivity index (χ4n) is 2.54. The zero-order valence-electron chi connectivity index (χ0n) is 11.5. The summed E-state index contributed by atoms with van der Waals surface area (Å²) in [5, 5.41) is 3.52. The Hall–Kier alpha value is -1.16. The van der Waals surface area contributed by atoms with E-state index in [0.29, 0.717) is 0 Å². The molecule has 0 spiro atoms. The minimum absolute atomic E-state index is 0.824. The zero-order chi connectivity index (χ0) is 12.8. The van der Waals surface area contributed by atoms with E-state index in [2.05, 4.69) is 27.1 Å². The predicted octanol–water partition coefficient (Wildman–Crippen LogP) is 2.00. The summed E-state index contributed by atoms with van der Waals surface area (Å²) in [5.74, 6) is 1.89. The highest BCUT2D eigenvalue weighted by Gasteiger charge is 2.20. The molecular formula is C14H24N4. The van der Waals surface area contributed by atoms with Gasteiger partial charge in [0.15, 0.2) is 0 Å². The van der Waals surface area contributed by atoms with Crippen molar-refractivity contribution >= 4 is 5.82 Å². The maximum absolute atomic E-state index is 4.45. The van der Waals surface area contributed by atoms with Crippen molar-refractivity contribution in [3.05, 3.63) is 18.1 Å². The smallest absolute Gasteiger partial charge is 0.150 e. The lowest BCUT2D eigenvalue weighted by molar-refractivity contribution is 0.382. The summed E-state index contributed by atoms with van der Waals surface area (Å²) in [5.41, 5.74) is 1.04. The molecule has 0 saturated carbocycles. The van der Waals surface area contributed by atoms with Gasteiger partial charge in [-0.2, -0.15) is 0 Å². The van der Waals surface area contributed by atoms with E-state index in [0.717, 1.165) is 37.1 Å². The molecule has 18 heavy (non-hydrogen) atoms. The molecule has 2 rings (SSSR count). The van der Waals surface area contributed by atoms with Crippen LogP contribution in [0.3, 0.4) is 0 Å². The van der Waals surface area contributed by atoms with Crippen LogP contribution in [0.5, 0.6) is 0 Å². The molecule has 1 saturated heterocycles. The Morgan fingerprint density at radius 2 is 2.00 bits per heavy atom. The highest BCUT2D eigenvalue weighted by Crippen LogP contribution is 2.22. The van der Waals surface area contributed by atoms with E-state index in [4.69, 9.17) is 0 Å². The topological polar surface area (TPSA) is 41.0 Å². The Morgan fingerprint density at radius 1 is 1.28 bits per heavy atom. The number of aryl methyl sites for hydroxylation is 1. The average molecular weight is 248 g/mol. The van der Waals surface area contributed by atoms with Gasteiger partial charge in [0.05, 0.1) is 5.69 Å². The number of nitrogens with one attached hydrogen (secondary N) is 1. The molecule has 4 nitrogen and oxygen atoms in total. The van der Waals surface area contributed by atoms with Gasteiger partial charge in [0.2, 0.25) is 0 Å². The first-order valence-electron chi connectivity index (χ1n) is 7.04. The minimum atomic E-state index is 0.824. The number of rotatable bonds is 5. The van der Waals surface area contributed by atoms with Gasteiger partial charge < -0.3 is 10.2 Å². The molecule has 1 aromatic rings. The van der Waals surface area contributed by atoms with Gasteiger partial charge in [-0.1, -0.05) is 6.92 Å². The lowest BCUT2D eigenvalue weighted by Gasteiger charge is -2.33. The van der Waals surface area contributed by atoms with E-state index in [-0.39, 0.29) is 0 Å². The van der Waals surface area contributed by atoms with E-state index >= 15 is 0 Å². The summed E-state index contributed by atoms with van der Waals surface area (Å²) in [6.07, 6.45) is 7.29. The lowest BCUT2D eigenvalue weighted by atomic mass is 9.96. The molecule has 0 aromatic carbocycles. The largest absolute Gasteiger partial charge is 0.355 e. The predicted molar refractivity (Wildman–Crippen MR) is 74.9 cm³/mol. The van der Waals surface area contributed by atoms with E-state index in [1.54, 1.807) is 12.4 Å². The van der Waals surface area contributed by atoms with E-state index in [1.807, 2.05) is 6.92 Å². The number of hydrogen-bond acceptors (Lipinski definition) is 4. The van der Waals surface area contributed by atoms with Crippen LogP contribution in [-0.4, -0.2) is 36.1 Å². The summed E-state index contributed by atoms with van der Waals surface area (Å²) < 4.78 is 0. The summed E-state index contributed by atoms with van der Waals surface area (Å²) >= 11 is 0. The van der Waals surface area contributed by atoms with Gasteiger partial charge in [0, 0.05) is 25.5 Å². The Morgan fingerprint density at radius 3 is 2.67 bits per heavy atom. The first-order valence-corrected chi connectivity index (χ1v) is 7.04. The Kier molecular flexibility index (Phi) is 4.93. The van der Waals surface area contributed by atoms with Crippen LogP contribution >= 0.6 is 0 Å². The van der Waals surface area contributed by atoms with Crippen molar-refractivity contribution in [3.8, 4) is 0 Å². The van der Waals surface area contributed by atoms with E-state index in [1.165, 1.54) is 25.8 Å². The van der Waals surface area contributed by atoms with Gasteiger partial charge in [-0.05, 0) is 45.2 Å². The van der Waals surface area contributed by atoms with Gasteiger partial charge in [0.1, 0.15) is 5.82 Å². The summed E-state index contributed by atoms with van der Waals surface area (Å²) in [4.78, 5) is 11.1. The molecule has 1 aliphatic heterocycles. The Bertz CT molecular complexity index is 359.